The number of fused-ring (bicyclic) bond motifs is 3. The van der Waals surface area contributed by atoms with E-state index in [1.807, 2.05) is 103 Å². The zero-order valence-electron chi connectivity index (χ0n) is 39.9. The van der Waals surface area contributed by atoms with E-state index in [0.29, 0.717) is 90.1 Å². The third kappa shape index (κ3) is 10.1. The number of amides is 4. The Morgan fingerprint density at radius 3 is 2.51 bits per heavy atom. The van der Waals surface area contributed by atoms with Gasteiger partial charge >= 0.3 is 5.97 Å². The van der Waals surface area contributed by atoms with E-state index >= 15 is 0 Å². The summed E-state index contributed by atoms with van der Waals surface area (Å²) in [4.78, 5) is 77.2. The number of anilines is 3. The Bertz CT molecular complexity index is 3200. The van der Waals surface area contributed by atoms with Crippen LogP contribution in [0.1, 0.15) is 88.2 Å². The van der Waals surface area contributed by atoms with Crippen molar-refractivity contribution in [1.29, 1.82) is 0 Å². The number of carbonyl (C=O) groups excluding carboxylic acids is 4. The predicted octanol–water partition coefficient (Wildman–Crippen LogP) is 8.34. The number of pyridine rings is 1. The average Bonchev–Trinajstić information content (AvgIpc) is 3.92. The summed E-state index contributed by atoms with van der Waals surface area (Å²) in [5.41, 5.74) is 7.54. The fourth-order valence-corrected chi connectivity index (χ4v) is 11.2. The molecule has 3 aliphatic heterocycles. The molecule has 4 amide bonds. The fourth-order valence-electron chi connectivity index (χ4n) is 10.4. The third-order valence-corrected chi connectivity index (χ3v) is 15.3. The monoisotopic (exact) mass is 973 g/mol. The molecule has 0 bridgehead atoms. The van der Waals surface area contributed by atoms with Crippen molar-refractivity contribution < 1.29 is 33.8 Å². The highest BCUT2D eigenvalue weighted by Crippen LogP contribution is 2.35. The first-order valence-corrected chi connectivity index (χ1v) is 25.0. The van der Waals surface area contributed by atoms with Crippen molar-refractivity contribution in [2.45, 2.75) is 64.8 Å². The molecule has 3 aromatic heterocycles. The van der Waals surface area contributed by atoms with E-state index in [2.05, 4.69) is 37.9 Å². The number of aromatic carboxylic acids is 1. The van der Waals surface area contributed by atoms with Gasteiger partial charge in [-0.05, 0) is 147 Å². The van der Waals surface area contributed by atoms with E-state index < -0.39 is 11.9 Å². The van der Waals surface area contributed by atoms with Crippen LogP contribution in [0, 0.1) is 18.8 Å². The molecule has 0 spiro atoms. The summed E-state index contributed by atoms with van der Waals surface area (Å²) >= 11 is 1.43. The van der Waals surface area contributed by atoms with E-state index in [-0.39, 0.29) is 35.7 Å². The smallest absolute Gasteiger partial charge is 0.355 e. The number of aromatic nitrogens is 4. The molecule has 71 heavy (non-hydrogen) atoms. The Labute approximate surface area is 414 Å². The maximum atomic E-state index is 13.6. The molecule has 2 saturated heterocycles. The molecule has 7 aromatic rings. The van der Waals surface area contributed by atoms with Crippen LogP contribution in [-0.2, 0) is 34.4 Å². The Morgan fingerprint density at radius 1 is 0.901 bits per heavy atom. The molecule has 3 aliphatic rings. The van der Waals surface area contributed by atoms with E-state index in [4.69, 9.17) is 9.72 Å². The van der Waals surface area contributed by atoms with Crippen LogP contribution in [-0.4, -0.2) is 92.1 Å². The molecule has 364 valence electrons. The molecule has 2 atom stereocenters. The van der Waals surface area contributed by atoms with Crippen LogP contribution in [0.5, 0.6) is 5.75 Å². The predicted molar refractivity (Wildman–Crippen MR) is 273 cm³/mol. The van der Waals surface area contributed by atoms with Crippen LogP contribution in [0.3, 0.4) is 0 Å². The highest BCUT2D eigenvalue weighted by molar-refractivity contribution is 7.22. The lowest BCUT2D eigenvalue weighted by atomic mass is 9.84. The number of benzene rings is 4. The molecule has 0 unspecified atom stereocenters. The van der Waals surface area contributed by atoms with Crippen molar-refractivity contribution in [3.63, 3.8) is 0 Å². The maximum absolute atomic E-state index is 13.6. The first-order valence-electron chi connectivity index (χ1n) is 24.2. The topological polar surface area (TPSA) is 201 Å². The second-order valence-corrected chi connectivity index (χ2v) is 20.0. The van der Waals surface area contributed by atoms with Gasteiger partial charge in [-0.15, -0.1) is 0 Å². The number of nitrogens with one attached hydrogen (secondary N) is 3. The van der Waals surface area contributed by atoms with Gasteiger partial charge in [-0.25, -0.2) is 14.8 Å². The number of para-hydroxylation sites is 1. The highest BCUT2D eigenvalue weighted by Gasteiger charge is 2.32. The second-order valence-electron chi connectivity index (χ2n) is 18.9. The zero-order valence-corrected chi connectivity index (χ0v) is 40.7. The molecule has 6 heterocycles. The van der Waals surface area contributed by atoms with E-state index in [1.165, 1.54) is 11.3 Å². The Hall–Kier alpha value is -7.50. The number of aryl methyl sites for hydroxylation is 2. The first kappa shape index (κ1) is 47.2. The Balaban J connectivity index is 0.703. The van der Waals surface area contributed by atoms with Gasteiger partial charge < -0.3 is 20.1 Å². The molecular weight excluding hydrogens is 919 g/mol. The highest BCUT2D eigenvalue weighted by atomic mass is 32.1. The summed E-state index contributed by atoms with van der Waals surface area (Å²) in [7, 11) is 1.81. The Kier molecular flexibility index (Phi) is 13.3. The molecule has 10 rings (SSSR count). The molecular formula is C54H55N9O7S. The molecule has 0 saturated carbocycles. The van der Waals surface area contributed by atoms with Crippen LogP contribution in [0.4, 0.5) is 16.6 Å². The lowest BCUT2D eigenvalue weighted by molar-refractivity contribution is -0.134. The lowest BCUT2D eigenvalue weighted by Crippen LogP contribution is -2.40. The summed E-state index contributed by atoms with van der Waals surface area (Å²) in [6.45, 7) is 7.72. The first-order chi connectivity index (χ1) is 34.3. The number of ether oxygens (including phenoxy) is 1. The van der Waals surface area contributed by atoms with Gasteiger partial charge in [0.1, 0.15) is 11.6 Å². The number of imide groups is 1. The van der Waals surface area contributed by atoms with Crippen LogP contribution in [0.25, 0.3) is 32.2 Å². The van der Waals surface area contributed by atoms with Gasteiger partial charge in [0.05, 0.1) is 40.5 Å². The number of nitrogens with zero attached hydrogens (tertiary/aromatic N) is 6. The molecule has 0 aliphatic carbocycles. The van der Waals surface area contributed by atoms with Crippen molar-refractivity contribution in [3.05, 3.63) is 125 Å². The summed E-state index contributed by atoms with van der Waals surface area (Å²) in [5, 5.41) is 24.8. The number of hydrogen-bond acceptors (Lipinski definition) is 12. The summed E-state index contributed by atoms with van der Waals surface area (Å²) in [5.74, 6) is -0.361. The van der Waals surface area contributed by atoms with Gasteiger partial charge in [-0.2, -0.15) is 5.10 Å². The zero-order chi connectivity index (χ0) is 49.3. The van der Waals surface area contributed by atoms with Crippen molar-refractivity contribution >= 4 is 78.7 Å². The van der Waals surface area contributed by atoms with Gasteiger partial charge in [0, 0.05) is 48.8 Å². The number of hydrogen-bond donors (Lipinski definition) is 4. The van der Waals surface area contributed by atoms with E-state index in [1.54, 1.807) is 11.7 Å². The molecule has 17 heteroatoms. The van der Waals surface area contributed by atoms with Crippen molar-refractivity contribution in [2.75, 3.05) is 48.3 Å². The minimum absolute atomic E-state index is 0.0430. The van der Waals surface area contributed by atoms with E-state index in [0.717, 1.165) is 75.7 Å². The van der Waals surface area contributed by atoms with Gasteiger partial charge in [0.25, 0.3) is 5.91 Å². The third-order valence-electron chi connectivity index (χ3n) is 14.3. The second kappa shape index (κ2) is 20.1. The molecule has 4 N–H and O–H groups in total. The number of thiazole rings is 1. The number of rotatable bonds is 14. The summed E-state index contributed by atoms with van der Waals surface area (Å²) < 4.78 is 8.95. The van der Waals surface area contributed by atoms with Crippen molar-refractivity contribution in [2.24, 2.45) is 18.9 Å². The van der Waals surface area contributed by atoms with Crippen LogP contribution < -0.4 is 25.6 Å². The summed E-state index contributed by atoms with van der Waals surface area (Å²) in [6, 6.07) is 28.5. The fraction of sp³-hybridized carbons (Fsp3) is 0.333. The van der Waals surface area contributed by atoms with Gasteiger partial charge in [0.15, 0.2) is 10.8 Å². The molecule has 0 radical (unpaired) electrons. The number of carboxylic acid groups (broad SMARTS) is 1. The largest absolute Gasteiger partial charge is 0.494 e. The molecule has 2 fully saturated rings. The van der Waals surface area contributed by atoms with Crippen molar-refractivity contribution in [1.82, 2.24) is 30.0 Å². The minimum atomic E-state index is -1.12. The number of carbonyl (C=O) groups is 5. The van der Waals surface area contributed by atoms with E-state index in [9.17, 15) is 29.1 Å². The van der Waals surface area contributed by atoms with Crippen LogP contribution in [0.2, 0.25) is 0 Å². The minimum Gasteiger partial charge on any atom is -0.494 e. The van der Waals surface area contributed by atoms with Gasteiger partial charge in [-0.3, -0.25) is 39.4 Å². The van der Waals surface area contributed by atoms with Crippen molar-refractivity contribution in [3.8, 4) is 16.9 Å². The summed E-state index contributed by atoms with van der Waals surface area (Å²) in [6.07, 6.45) is 4.22. The normalized spacial score (nSPS) is 16.9. The number of likely N-dealkylation sites (tertiary alicyclic amines) is 1. The SMILES string of the molecule is Cc1cc(OCC[C@@H](C)C2CCN(CC(=O)Nc3ccc4c([C@H]5CCC(=O)NC5=O)nn(C)c4c3)CC2)ccc1-c1ccc(N2CCc3cccc(C(=O)Nc4nc5ccccc5s4)c3C2)nc1C(=O)O. The number of piperidine rings is 2. The quantitative estimate of drug-likeness (QED) is 0.0761. The van der Waals surface area contributed by atoms with Gasteiger partial charge in [-0.1, -0.05) is 48.6 Å². The average molecular weight is 974 g/mol. The standard InChI is InChI=1S/C54H55N9O7S/c1-31(33-19-23-62(24-20-33)30-48(65)55-35-11-13-40-44(28-35)61(3)60-49(40)41-16-18-47(64)58-52(41)67)22-26-70-36-12-14-37(32(2)27-36)38-15-17-46(57-50(38)53(68)69)63-25-21-34-7-6-8-39(42(34)29-63)51(66)59-54-56-43-9-4-5-10-45(43)71-54/h4-15,17,27-28,31,33,41H,16,18-26,29-30H2,1-3H3,(H,55,65)(H,68,69)(H,56,59,66)(H,58,64,67)/t31-,41-/m1/s1. The van der Waals surface area contributed by atoms with Gasteiger partial charge in [0.2, 0.25) is 17.7 Å². The lowest BCUT2D eigenvalue weighted by Gasteiger charge is -2.34. The van der Waals surface area contributed by atoms with Crippen LogP contribution in [0.15, 0.2) is 91.0 Å². The molecule has 16 nitrogen and oxygen atoms in total. The number of carboxylic acids is 1. The molecule has 4 aromatic carbocycles. The maximum Gasteiger partial charge on any atom is 0.355 e. The Morgan fingerprint density at radius 2 is 1.72 bits per heavy atom. The van der Waals surface area contributed by atoms with Crippen LogP contribution >= 0.6 is 11.3 Å².